The standard InChI is InChI=1S/C20H19F3N2O2/c21-20(22,23)17-10-5-4-9-16(17)19(27)25-12-6-11-24(13-14-25)18(26)15-7-2-1-3-8-15/h1-5,7-10H,6,11-14H2. The number of nitrogens with zero attached hydrogens (tertiary/aromatic N) is 2. The summed E-state index contributed by atoms with van der Waals surface area (Å²) in [6.07, 6.45) is -4.08. The van der Waals surface area contributed by atoms with Crippen LogP contribution in [0.3, 0.4) is 0 Å². The Balaban J connectivity index is 1.74. The first kappa shape index (κ1) is 18.9. The quantitative estimate of drug-likeness (QED) is 0.802. The van der Waals surface area contributed by atoms with Crippen molar-refractivity contribution in [1.29, 1.82) is 0 Å². The van der Waals surface area contributed by atoms with Gasteiger partial charge in [-0.05, 0) is 30.7 Å². The van der Waals surface area contributed by atoms with Gasteiger partial charge in [-0.3, -0.25) is 9.59 Å². The van der Waals surface area contributed by atoms with Gasteiger partial charge in [0.25, 0.3) is 11.8 Å². The summed E-state index contributed by atoms with van der Waals surface area (Å²) in [5, 5.41) is 0. The molecule has 0 unspecified atom stereocenters. The number of hydrogen-bond donors (Lipinski definition) is 0. The molecule has 27 heavy (non-hydrogen) atoms. The van der Waals surface area contributed by atoms with E-state index in [-0.39, 0.29) is 24.6 Å². The Labute approximate surface area is 155 Å². The van der Waals surface area contributed by atoms with E-state index in [2.05, 4.69) is 0 Å². The molecule has 0 atom stereocenters. The van der Waals surface area contributed by atoms with E-state index in [0.717, 1.165) is 6.07 Å². The Morgan fingerprint density at radius 3 is 1.93 bits per heavy atom. The van der Waals surface area contributed by atoms with Gasteiger partial charge in [-0.2, -0.15) is 13.2 Å². The van der Waals surface area contributed by atoms with Crippen molar-refractivity contribution >= 4 is 11.8 Å². The maximum atomic E-state index is 13.2. The van der Waals surface area contributed by atoms with E-state index < -0.39 is 17.6 Å². The highest BCUT2D eigenvalue weighted by Gasteiger charge is 2.36. The molecule has 0 aromatic heterocycles. The zero-order valence-corrected chi connectivity index (χ0v) is 14.6. The van der Waals surface area contributed by atoms with Gasteiger partial charge in [-0.15, -0.1) is 0 Å². The SMILES string of the molecule is O=C(c1ccccc1)N1CCCN(C(=O)c2ccccc2C(F)(F)F)CC1. The number of hydrogen-bond acceptors (Lipinski definition) is 2. The van der Waals surface area contributed by atoms with Crippen LogP contribution < -0.4 is 0 Å². The second kappa shape index (κ2) is 7.82. The van der Waals surface area contributed by atoms with Gasteiger partial charge in [-0.25, -0.2) is 0 Å². The van der Waals surface area contributed by atoms with Gasteiger partial charge >= 0.3 is 6.18 Å². The van der Waals surface area contributed by atoms with Crippen LogP contribution in [-0.2, 0) is 6.18 Å². The molecule has 2 aromatic carbocycles. The van der Waals surface area contributed by atoms with Crippen LogP contribution in [0, 0.1) is 0 Å². The summed E-state index contributed by atoms with van der Waals surface area (Å²) in [6, 6.07) is 13.6. The Hall–Kier alpha value is -2.83. The van der Waals surface area contributed by atoms with E-state index in [9.17, 15) is 22.8 Å². The molecule has 0 saturated carbocycles. The largest absolute Gasteiger partial charge is 0.417 e. The molecule has 1 fully saturated rings. The van der Waals surface area contributed by atoms with Crippen molar-refractivity contribution in [3.63, 3.8) is 0 Å². The molecule has 2 aromatic rings. The third-order valence-corrected chi connectivity index (χ3v) is 4.55. The molecule has 1 aliphatic rings. The molecule has 7 heteroatoms. The lowest BCUT2D eigenvalue weighted by Gasteiger charge is -2.23. The predicted octanol–water partition coefficient (Wildman–Crippen LogP) is 3.69. The summed E-state index contributed by atoms with van der Waals surface area (Å²) < 4.78 is 39.6. The lowest BCUT2D eigenvalue weighted by atomic mass is 10.1. The van der Waals surface area contributed by atoms with Crippen molar-refractivity contribution in [2.45, 2.75) is 12.6 Å². The van der Waals surface area contributed by atoms with Crippen LogP contribution in [0.2, 0.25) is 0 Å². The Bertz CT molecular complexity index is 821. The first-order chi connectivity index (χ1) is 12.9. The van der Waals surface area contributed by atoms with Crippen LogP contribution in [0.15, 0.2) is 54.6 Å². The van der Waals surface area contributed by atoms with Gasteiger partial charge < -0.3 is 9.80 Å². The van der Waals surface area contributed by atoms with Crippen molar-refractivity contribution in [1.82, 2.24) is 9.80 Å². The normalized spacial score (nSPS) is 15.4. The van der Waals surface area contributed by atoms with Crippen LogP contribution in [0.25, 0.3) is 0 Å². The molecule has 0 N–H and O–H groups in total. The molecule has 1 heterocycles. The minimum atomic E-state index is -4.59. The maximum Gasteiger partial charge on any atom is 0.417 e. The lowest BCUT2D eigenvalue weighted by molar-refractivity contribution is -0.138. The second-order valence-electron chi connectivity index (χ2n) is 6.35. The number of amides is 2. The average Bonchev–Trinajstić information content (AvgIpc) is 2.93. The highest BCUT2D eigenvalue weighted by molar-refractivity contribution is 5.96. The topological polar surface area (TPSA) is 40.6 Å². The molecule has 0 aliphatic carbocycles. The minimum Gasteiger partial charge on any atom is -0.337 e. The van der Waals surface area contributed by atoms with E-state index >= 15 is 0 Å². The zero-order chi connectivity index (χ0) is 19.4. The first-order valence-electron chi connectivity index (χ1n) is 8.68. The number of carbonyl (C=O) groups is 2. The molecular formula is C20H19F3N2O2. The molecular weight excluding hydrogens is 357 g/mol. The Kier molecular flexibility index (Phi) is 5.48. The number of benzene rings is 2. The van der Waals surface area contributed by atoms with Gasteiger partial charge in [0, 0.05) is 31.7 Å². The molecule has 2 amide bonds. The van der Waals surface area contributed by atoms with Gasteiger partial charge in [0.2, 0.25) is 0 Å². The van der Waals surface area contributed by atoms with Crippen molar-refractivity contribution in [2.24, 2.45) is 0 Å². The molecule has 0 radical (unpaired) electrons. The van der Waals surface area contributed by atoms with Crippen LogP contribution in [-0.4, -0.2) is 47.8 Å². The molecule has 1 saturated heterocycles. The smallest absolute Gasteiger partial charge is 0.337 e. The van der Waals surface area contributed by atoms with Crippen LogP contribution in [0.4, 0.5) is 13.2 Å². The Morgan fingerprint density at radius 1 is 0.741 bits per heavy atom. The van der Waals surface area contributed by atoms with Gasteiger partial charge in [0.15, 0.2) is 0 Å². The van der Waals surface area contributed by atoms with Gasteiger partial charge in [0.05, 0.1) is 11.1 Å². The fourth-order valence-corrected chi connectivity index (χ4v) is 3.17. The third-order valence-electron chi connectivity index (χ3n) is 4.55. The summed E-state index contributed by atoms with van der Waals surface area (Å²) in [5.41, 5.74) is -0.732. The fraction of sp³-hybridized carbons (Fsp3) is 0.300. The summed E-state index contributed by atoms with van der Waals surface area (Å²) in [4.78, 5) is 28.3. The molecule has 4 nitrogen and oxygen atoms in total. The Morgan fingerprint density at radius 2 is 1.30 bits per heavy atom. The number of halogens is 3. The van der Waals surface area contributed by atoms with Gasteiger partial charge in [-0.1, -0.05) is 30.3 Å². The van der Waals surface area contributed by atoms with Crippen LogP contribution in [0.1, 0.15) is 32.7 Å². The predicted molar refractivity (Wildman–Crippen MR) is 94.3 cm³/mol. The number of alkyl halides is 3. The molecule has 3 rings (SSSR count). The average molecular weight is 376 g/mol. The van der Waals surface area contributed by atoms with Crippen molar-refractivity contribution in [2.75, 3.05) is 26.2 Å². The fourth-order valence-electron chi connectivity index (χ4n) is 3.17. The molecule has 1 aliphatic heterocycles. The lowest BCUT2D eigenvalue weighted by Crippen LogP contribution is -2.38. The highest BCUT2D eigenvalue weighted by atomic mass is 19.4. The molecule has 0 spiro atoms. The zero-order valence-electron chi connectivity index (χ0n) is 14.6. The molecule has 142 valence electrons. The second-order valence-corrected chi connectivity index (χ2v) is 6.35. The van der Waals surface area contributed by atoms with E-state index in [1.165, 1.54) is 23.1 Å². The van der Waals surface area contributed by atoms with Gasteiger partial charge in [0.1, 0.15) is 0 Å². The first-order valence-corrected chi connectivity index (χ1v) is 8.68. The van der Waals surface area contributed by atoms with E-state index in [1.807, 2.05) is 6.07 Å². The minimum absolute atomic E-state index is 0.138. The molecule has 0 bridgehead atoms. The van der Waals surface area contributed by atoms with E-state index in [1.54, 1.807) is 29.2 Å². The summed E-state index contributed by atoms with van der Waals surface area (Å²) in [6.45, 7) is 1.25. The highest BCUT2D eigenvalue weighted by Crippen LogP contribution is 2.32. The maximum absolute atomic E-state index is 13.2. The number of rotatable bonds is 2. The van der Waals surface area contributed by atoms with Crippen molar-refractivity contribution in [3.05, 3.63) is 71.3 Å². The monoisotopic (exact) mass is 376 g/mol. The van der Waals surface area contributed by atoms with E-state index in [4.69, 9.17) is 0 Å². The van der Waals surface area contributed by atoms with Crippen LogP contribution in [0.5, 0.6) is 0 Å². The third kappa shape index (κ3) is 4.30. The summed E-state index contributed by atoms with van der Waals surface area (Å²) in [5.74, 6) is -0.794. The van der Waals surface area contributed by atoms with Crippen molar-refractivity contribution < 1.29 is 22.8 Å². The van der Waals surface area contributed by atoms with Crippen molar-refractivity contribution in [3.8, 4) is 0 Å². The van der Waals surface area contributed by atoms with E-state index in [0.29, 0.717) is 25.1 Å². The van der Waals surface area contributed by atoms with Crippen LogP contribution >= 0.6 is 0 Å². The summed E-state index contributed by atoms with van der Waals surface area (Å²) in [7, 11) is 0. The number of carbonyl (C=O) groups excluding carboxylic acids is 2. The summed E-state index contributed by atoms with van der Waals surface area (Å²) >= 11 is 0.